The number of nitrogens with one attached hydrogen (secondary N) is 1. The summed E-state index contributed by atoms with van der Waals surface area (Å²) < 4.78 is 5.71. The fourth-order valence-corrected chi connectivity index (χ4v) is 1.65. The van der Waals surface area contributed by atoms with E-state index in [0.717, 1.165) is 11.2 Å². The van der Waals surface area contributed by atoms with Crippen molar-refractivity contribution in [1.82, 2.24) is 0 Å². The topological polar surface area (TPSA) is 21.3 Å². The van der Waals surface area contributed by atoms with Crippen LogP contribution in [-0.2, 0) is 4.65 Å². The Morgan fingerprint density at radius 2 is 1.82 bits per heavy atom. The largest absolute Gasteiger partial charge is 0.449 e. The van der Waals surface area contributed by atoms with Crippen molar-refractivity contribution < 1.29 is 4.65 Å². The van der Waals surface area contributed by atoms with Gasteiger partial charge in [0, 0.05) is 12.3 Å². The zero-order valence-electron chi connectivity index (χ0n) is 9.89. The zero-order valence-corrected chi connectivity index (χ0v) is 9.89. The van der Waals surface area contributed by atoms with Crippen LogP contribution in [0.2, 0.25) is 0 Å². The molecule has 0 aromatic heterocycles. The van der Waals surface area contributed by atoms with Crippen molar-refractivity contribution in [2.75, 3.05) is 11.8 Å². The second kappa shape index (κ2) is 6.11. The van der Waals surface area contributed by atoms with Crippen LogP contribution in [0, 0.1) is 6.07 Å². The molecule has 0 atom stereocenters. The molecule has 3 heteroatoms. The number of hydrogen-bond acceptors (Lipinski definition) is 2. The molecule has 2 rings (SSSR count). The molecule has 1 N–H and O–H groups in total. The molecule has 0 heterocycles. The second-order valence-corrected chi connectivity index (χ2v) is 3.68. The lowest BCUT2D eigenvalue weighted by Crippen LogP contribution is -2.41. The van der Waals surface area contributed by atoms with Gasteiger partial charge in [0.15, 0.2) is 0 Å². The molecule has 0 aliphatic rings. The van der Waals surface area contributed by atoms with Crippen molar-refractivity contribution >= 4 is 18.2 Å². The van der Waals surface area contributed by atoms with Crippen LogP contribution >= 0.6 is 0 Å². The van der Waals surface area contributed by atoms with E-state index in [4.69, 9.17) is 4.65 Å². The SMILES string of the molecule is CCOB(Nc1ccccc1)c1cc[c]cc1. The van der Waals surface area contributed by atoms with Gasteiger partial charge in [-0.2, -0.15) is 0 Å². The van der Waals surface area contributed by atoms with E-state index < -0.39 is 0 Å². The first-order valence-corrected chi connectivity index (χ1v) is 5.79. The van der Waals surface area contributed by atoms with Crippen LogP contribution in [0.1, 0.15) is 6.92 Å². The van der Waals surface area contributed by atoms with E-state index in [1.54, 1.807) is 0 Å². The lowest BCUT2D eigenvalue weighted by Gasteiger charge is -2.15. The van der Waals surface area contributed by atoms with E-state index in [-0.39, 0.29) is 7.05 Å². The van der Waals surface area contributed by atoms with Gasteiger partial charge in [-0.25, -0.2) is 0 Å². The predicted molar refractivity (Wildman–Crippen MR) is 72.4 cm³/mol. The first-order valence-electron chi connectivity index (χ1n) is 5.79. The molecule has 0 aliphatic heterocycles. The van der Waals surface area contributed by atoms with Gasteiger partial charge in [0.05, 0.1) is 0 Å². The van der Waals surface area contributed by atoms with E-state index in [0.29, 0.717) is 6.61 Å². The van der Waals surface area contributed by atoms with Gasteiger partial charge < -0.3 is 9.88 Å². The van der Waals surface area contributed by atoms with Gasteiger partial charge in [-0.3, -0.25) is 0 Å². The summed E-state index contributed by atoms with van der Waals surface area (Å²) in [6.45, 7) is 2.66. The minimum absolute atomic E-state index is 0.114. The average molecular weight is 224 g/mol. The molecular weight excluding hydrogens is 209 g/mol. The highest BCUT2D eigenvalue weighted by Gasteiger charge is 2.18. The quantitative estimate of drug-likeness (QED) is 0.787. The summed E-state index contributed by atoms with van der Waals surface area (Å²) >= 11 is 0. The summed E-state index contributed by atoms with van der Waals surface area (Å²) in [7, 11) is -0.114. The second-order valence-electron chi connectivity index (χ2n) is 3.68. The van der Waals surface area contributed by atoms with Gasteiger partial charge >= 0.3 is 7.05 Å². The third kappa shape index (κ3) is 3.36. The van der Waals surface area contributed by atoms with Gasteiger partial charge in [-0.1, -0.05) is 42.5 Å². The molecule has 0 unspecified atom stereocenters. The standard InChI is InChI=1S/C14H15BNO/c1-2-17-15(13-9-5-3-6-10-13)16-14-11-7-4-8-12-14/h4-12,16H,2H2,1H3. The summed E-state index contributed by atoms with van der Waals surface area (Å²) in [5, 5.41) is 3.36. The Bertz CT molecular complexity index is 432. The minimum atomic E-state index is -0.114. The molecule has 17 heavy (non-hydrogen) atoms. The zero-order chi connectivity index (χ0) is 11.9. The Kier molecular flexibility index (Phi) is 4.22. The highest BCUT2D eigenvalue weighted by molar-refractivity contribution is 6.70. The number of hydrogen-bond donors (Lipinski definition) is 1. The average Bonchev–Trinajstić information content (AvgIpc) is 2.40. The molecule has 0 aliphatic carbocycles. The van der Waals surface area contributed by atoms with Gasteiger partial charge in [-0.05, 0) is 30.6 Å². The number of anilines is 1. The van der Waals surface area contributed by atoms with E-state index in [9.17, 15) is 0 Å². The summed E-state index contributed by atoms with van der Waals surface area (Å²) in [5.41, 5.74) is 2.16. The van der Waals surface area contributed by atoms with Gasteiger partial charge in [0.2, 0.25) is 0 Å². The lowest BCUT2D eigenvalue weighted by atomic mass is 9.73. The van der Waals surface area contributed by atoms with Crippen LogP contribution in [0.5, 0.6) is 0 Å². The van der Waals surface area contributed by atoms with Crippen molar-refractivity contribution in [2.24, 2.45) is 0 Å². The van der Waals surface area contributed by atoms with Crippen molar-refractivity contribution in [1.29, 1.82) is 0 Å². The molecule has 85 valence electrons. The Morgan fingerprint density at radius 1 is 1.12 bits per heavy atom. The number of rotatable bonds is 5. The maximum atomic E-state index is 5.71. The van der Waals surface area contributed by atoms with Crippen LogP contribution in [0.4, 0.5) is 5.69 Å². The normalized spacial score (nSPS) is 9.94. The molecule has 2 nitrogen and oxygen atoms in total. The Labute approximate surface area is 103 Å². The van der Waals surface area contributed by atoms with Crippen LogP contribution in [0.15, 0.2) is 54.6 Å². The highest BCUT2D eigenvalue weighted by Crippen LogP contribution is 2.06. The van der Waals surface area contributed by atoms with E-state index >= 15 is 0 Å². The molecule has 2 aromatic carbocycles. The maximum Gasteiger partial charge on any atom is 0.449 e. The fraction of sp³-hybridized carbons (Fsp3) is 0.143. The minimum Gasteiger partial charge on any atom is -0.413 e. The van der Waals surface area contributed by atoms with E-state index in [2.05, 4.69) is 11.3 Å². The predicted octanol–water partition coefficient (Wildman–Crippen LogP) is 2.33. The molecular formula is C14H15BNO. The number of para-hydroxylation sites is 1. The number of benzene rings is 2. The van der Waals surface area contributed by atoms with Crippen LogP contribution in [0.25, 0.3) is 0 Å². The van der Waals surface area contributed by atoms with Gasteiger partial charge in [-0.15, -0.1) is 0 Å². The first kappa shape index (κ1) is 11.7. The smallest absolute Gasteiger partial charge is 0.413 e. The summed E-state index contributed by atoms with van der Waals surface area (Å²) in [5.74, 6) is 0. The molecule has 0 fully saturated rings. The maximum absolute atomic E-state index is 5.71. The van der Waals surface area contributed by atoms with Gasteiger partial charge in [0.1, 0.15) is 0 Å². The molecule has 1 radical (unpaired) electrons. The Hall–Kier alpha value is -1.74. The van der Waals surface area contributed by atoms with E-state index in [1.165, 1.54) is 0 Å². The van der Waals surface area contributed by atoms with E-state index in [1.807, 2.05) is 61.5 Å². The molecule has 0 saturated heterocycles. The third-order valence-corrected chi connectivity index (χ3v) is 2.45. The van der Waals surface area contributed by atoms with Crippen molar-refractivity contribution in [3.63, 3.8) is 0 Å². The Balaban J connectivity index is 2.13. The summed E-state index contributed by atoms with van der Waals surface area (Å²) in [4.78, 5) is 0. The van der Waals surface area contributed by atoms with Crippen LogP contribution < -0.4 is 10.7 Å². The van der Waals surface area contributed by atoms with Crippen molar-refractivity contribution in [2.45, 2.75) is 6.92 Å². The van der Waals surface area contributed by atoms with Crippen molar-refractivity contribution in [3.05, 3.63) is 60.7 Å². The van der Waals surface area contributed by atoms with Crippen molar-refractivity contribution in [3.8, 4) is 0 Å². The third-order valence-electron chi connectivity index (χ3n) is 2.45. The Morgan fingerprint density at radius 3 is 2.47 bits per heavy atom. The summed E-state index contributed by atoms with van der Waals surface area (Å²) in [6, 6.07) is 20.9. The summed E-state index contributed by atoms with van der Waals surface area (Å²) in [6.07, 6.45) is 0. The van der Waals surface area contributed by atoms with Crippen LogP contribution in [-0.4, -0.2) is 13.7 Å². The lowest BCUT2D eigenvalue weighted by molar-refractivity contribution is 0.354. The van der Waals surface area contributed by atoms with Gasteiger partial charge in [0.25, 0.3) is 0 Å². The molecule has 2 aromatic rings. The first-order chi connectivity index (χ1) is 8.40. The molecule has 0 amide bonds. The van der Waals surface area contributed by atoms with Crippen LogP contribution in [0.3, 0.4) is 0 Å². The molecule has 0 bridgehead atoms. The highest BCUT2D eigenvalue weighted by atomic mass is 16.4. The monoisotopic (exact) mass is 224 g/mol. The molecule has 0 saturated carbocycles. The molecule has 0 spiro atoms. The fourth-order valence-electron chi connectivity index (χ4n) is 1.65.